The van der Waals surface area contributed by atoms with Gasteiger partial charge in [-0.2, -0.15) is 0 Å². The van der Waals surface area contributed by atoms with Crippen molar-refractivity contribution in [3.63, 3.8) is 0 Å². The Kier molecular flexibility index (Phi) is 3.41. The second kappa shape index (κ2) is 5.17. The summed E-state index contributed by atoms with van der Waals surface area (Å²) in [6.45, 7) is 4.23. The first kappa shape index (κ1) is 11.2. The third kappa shape index (κ3) is 2.51. The van der Waals surface area contributed by atoms with Crippen molar-refractivity contribution < 1.29 is 9.47 Å². The Hall–Kier alpha value is -0.900. The highest BCUT2D eigenvalue weighted by Gasteiger charge is 2.25. The number of hydrogen-bond acceptors (Lipinski definition) is 3. The van der Waals surface area contributed by atoms with E-state index >= 15 is 0 Å². The number of fused-ring (bicyclic) bond motifs is 1. The van der Waals surface area contributed by atoms with Gasteiger partial charge in [0.15, 0.2) is 0 Å². The predicted octanol–water partition coefficient (Wildman–Crippen LogP) is 1.33. The smallest absolute Gasteiger partial charge is 0.0933 e. The van der Waals surface area contributed by atoms with E-state index < -0.39 is 0 Å². The van der Waals surface area contributed by atoms with Gasteiger partial charge in [-0.15, -0.1) is 0 Å². The summed E-state index contributed by atoms with van der Waals surface area (Å²) >= 11 is 0. The van der Waals surface area contributed by atoms with Crippen LogP contribution in [0.15, 0.2) is 24.3 Å². The zero-order chi connectivity index (χ0) is 11.5. The van der Waals surface area contributed by atoms with Crippen LogP contribution in [0.2, 0.25) is 0 Å². The topological polar surface area (TPSA) is 30.5 Å². The third-order valence-electron chi connectivity index (χ3n) is 3.59. The molecule has 92 valence electrons. The van der Waals surface area contributed by atoms with Gasteiger partial charge in [0.25, 0.3) is 0 Å². The molecule has 0 radical (unpaired) electrons. The molecule has 1 aliphatic carbocycles. The largest absolute Gasteiger partial charge is 0.378 e. The number of rotatable bonds is 4. The highest BCUT2D eigenvalue weighted by atomic mass is 16.5. The predicted molar refractivity (Wildman–Crippen MR) is 66.3 cm³/mol. The Morgan fingerprint density at radius 3 is 3.06 bits per heavy atom. The van der Waals surface area contributed by atoms with E-state index in [2.05, 4.69) is 29.6 Å². The normalized spacial score (nSPS) is 27.3. The molecular formula is C14H19NO2. The van der Waals surface area contributed by atoms with Crippen LogP contribution in [0.5, 0.6) is 0 Å². The molecule has 2 unspecified atom stereocenters. The molecule has 1 saturated heterocycles. The lowest BCUT2D eigenvalue weighted by Crippen LogP contribution is -2.41. The van der Waals surface area contributed by atoms with E-state index in [1.54, 1.807) is 0 Å². The van der Waals surface area contributed by atoms with Gasteiger partial charge < -0.3 is 14.8 Å². The molecule has 1 aromatic carbocycles. The van der Waals surface area contributed by atoms with E-state index in [1.807, 2.05) is 0 Å². The summed E-state index contributed by atoms with van der Waals surface area (Å²) in [7, 11) is 0. The number of morpholine rings is 1. The highest BCUT2D eigenvalue weighted by Crippen LogP contribution is 2.34. The second-order valence-electron chi connectivity index (χ2n) is 4.83. The van der Waals surface area contributed by atoms with Crippen LogP contribution < -0.4 is 5.32 Å². The fourth-order valence-corrected chi connectivity index (χ4v) is 2.58. The Labute approximate surface area is 102 Å². The molecule has 1 heterocycles. The molecule has 2 atom stereocenters. The molecular weight excluding hydrogens is 214 g/mol. The molecule has 0 spiro atoms. The van der Waals surface area contributed by atoms with Gasteiger partial charge in [-0.3, -0.25) is 0 Å². The summed E-state index contributed by atoms with van der Waals surface area (Å²) in [6, 6.07) is 8.64. The maximum atomic E-state index is 5.77. The van der Waals surface area contributed by atoms with Crippen molar-refractivity contribution in [3.8, 4) is 0 Å². The van der Waals surface area contributed by atoms with Crippen molar-refractivity contribution >= 4 is 0 Å². The average molecular weight is 233 g/mol. The molecule has 2 aliphatic rings. The van der Waals surface area contributed by atoms with E-state index in [-0.39, 0.29) is 6.10 Å². The van der Waals surface area contributed by atoms with Crippen molar-refractivity contribution in [2.75, 3.05) is 32.9 Å². The lowest BCUT2D eigenvalue weighted by atomic mass is 9.78. The molecule has 0 amide bonds. The maximum absolute atomic E-state index is 5.77. The number of hydrogen-bond donors (Lipinski definition) is 1. The Bertz CT molecular complexity index is 374. The van der Waals surface area contributed by atoms with Crippen molar-refractivity contribution in [2.45, 2.75) is 18.4 Å². The van der Waals surface area contributed by atoms with Crippen LogP contribution in [0.4, 0.5) is 0 Å². The van der Waals surface area contributed by atoms with E-state index in [1.165, 1.54) is 17.5 Å². The maximum Gasteiger partial charge on any atom is 0.0933 e. The minimum absolute atomic E-state index is 0.235. The van der Waals surface area contributed by atoms with Gasteiger partial charge in [-0.05, 0) is 17.5 Å². The summed E-state index contributed by atoms with van der Waals surface area (Å²) in [6.07, 6.45) is 1.40. The molecule has 0 aromatic heterocycles. The van der Waals surface area contributed by atoms with Gasteiger partial charge in [0.1, 0.15) is 0 Å². The van der Waals surface area contributed by atoms with Crippen molar-refractivity contribution in [1.29, 1.82) is 0 Å². The molecule has 3 heteroatoms. The second-order valence-corrected chi connectivity index (χ2v) is 4.83. The first-order valence-electron chi connectivity index (χ1n) is 6.41. The molecule has 3 rings (SSSR count). The number of ether oxygens (including phenoxy) is 2. The number of benzene rings is 1. The van der Waals surface area contributed by atoms with Crippen LogP contribution >= 0.6 is 0 Å². The summed E-state index contributed by atoms with van der Waals surface area (Å²) in [5, 5.41) is 3.31. The highest BCUT2D eigenvalue weighted by molar-refractivity contribution is 5.39. The van der Waals surface area contributed by atoms with E-state index in [0.717, 1.165) is 26.3 Å². The molecule has 17 heavy (non-hydrogen) atoms. The zero-order valence-corrected chi connectivity index (χ0v) is 10.0. The monoisotopic (exact) mass is 233 g/mol. The molecule has 0 bridgehead atoms. The lowest BCUT2D eigenvalue weighted by Gasteiger charge is -2.31. The Morgan fingerprint density at radius 2 is 2.24 bits per heavy atom. The third-order valence-corrected chi connectivity index (χ3v) is 3.59. The minimum atomic E-state index is 0.235. The van der Waals surface area contributed by atoms with Gasteiger partial charge in [0.2, 0.25) is 0 Å². The average Bonchev–Trinajstić information content (AvgIpc) is 2.36. The lowest BCUT2D eigenvalue weighted by molar-refractivity contribution is -0.0348. The van der Waals surface area contributed by atoms with Gasteiger partial charge in [-0.1, -0.05) is 24.3 Å². The van der Waals surface area contributed by atoms with Gasteiger partial charge in [-0.25, -0.2) is 0 Å². The van der Waals surface area contributed by atoms with Crippen LogP contribution in [0.25, 0.3) is 0 Å². The standard InChI is InChI=1S/C14H19NO2/c1-2-4-14-11(3-1)7-12(14)9-16-10-13-8-15-5-6-17-13/h1-4,12-13,15H,5-10H2. The molecule has 1 N–H and O–H groups in total. The van der Waals surface area contributed by atoms with Crippen molar-refractivity contribution in [2.24, 2.45) is 0 Å². The minimum Gasteiger partial charge on any atom is -0.378 e. The molecule has 1 aliphatic heterocycles. The molecule has 3 nitrogen and oxygen atoms in total. The zero-order valence-electron chi connectivity index (χ0n) is 10.0. The Balaban J connectivity index is 1.41. The van der Waals surface area contributed by atoms with Crippen molar-refractivity contribution in [1.82, 2.24) is 5.32 Å². The first-order chi connectivity index (χ1) is 8.43. The van der Waals surface area contributed by atoms with Crippen LogP contribution in [-0.2, 0) is 15.9 Å². The van der Waals surface area contributed by atoms with E-state index in [4.69, 9.17) is 9.47 Å². The fraction of sp³-hybridized carbons (Fsp3) is 0.571. The van der Waals surface area contributed by atoms with Gasteiger partial charge in [0, 0.05) is 19.0 Å². The van der Waals surface area contributed by atoms with Crippen LogP contribution in [-0.4, -0.2) is 39.0 Å². The first-order valence-corrected chi connectivity index (χ1v) is 6.41. The van der Waals surface area contributed by atoms with E-state index in [0.29, 0.717) is 12.5 Å². The van der Waals surface area contributed by atoms with Gasteiger partial charge >= 0.3 is 0 Å². The fourth-order valence-electron chi connectivity index (χ4n) is 2.58. The molecule has 0 saturated carbocycles. The summed E-state index contributed by atoms with van der Waals surface area (Å²) < 4.78 is 11.4. The summed E-state index contributed by atoms with van der Waals surface area (Å²) in [5.41, 5.74) is 2.95. The van der Waals surface area contributed by atoms with Crippen LogP contribution in [0, 0.1) is 0 Å². The molecule has 1 aromatic rings. The van der Waals surface area contributed by atoms with E-state index in [9.17, 15) is 0 Å². The molecule has 1 fully saturated rings. The van der Waals surface area contributed by atoms with Gasteiger partial charge in [0.05, 0.1) is 25.9 Å². The quantitative estimate of drug-likeness (QED) is 0.851. The summed E-state index contributed by atoms with van der Waals surface area (Å²) in [5.74, 6) is 0.600. The Morgan fingerprint density at radius 1 is 1.29 bits per heavy atom. The summed E-state index contributed by atoms with van der Waals surface area (Å²) in [4.78, 5) is 0. The number of nitrogens with one attached hydrogen (secondary N) is 1. The van der Waals surface area contributed by atoms with Crippen LogP contribution in [0.1, 0.15) is 17.0 Å². The van der Waals surface area contributed by atoms with Crippen molar-refractivity contribution in [3.05, 3.63) is 35.4 Å². The van der Waals surface area contributed by atoms with Crippen LogP contribution in [0.3, 0.4) is 0 Å². The SMILES string of the molecule is c1ccc2c(c1)CC2COCC1CNCCO1.